The summed E-state index contributed by atoms with van der Waals surface area (Å²) in [4.78, 5) is 24.8. The molecular formula is C19H23N3O5S2. The molecule has 1 fully saturated rings. The smallest absolute Gasteiger partial charge is 0.254 e. The lowest BCUT2D eigenvalue weighted by Crippen LogP contribution is -2.43. The molecule has 2 amide bonds. The summed E-state index contributed by atoms with van der Waals surface area (Å²) in [5.41, 5.74) is 0.393. The molecule has 0 bridgehead atoms. The van der Waals surface area contributed by atoms with Crippen molar-refractivity contribution in [1.82, 2.24) is 9.62 Å². The number of carbonyl (C=O) groups is 2. The van der Waals surface area contributed by atoms with Crippen LogP contribution in [0.3, 0.4) is 0 Å². The predicted octanol–water partition coefficient (Wildman–Crippen LogP) is 2.16. The van der Waals surface area contributed by atoms with Crippen LogP contribution >= 0.6 is 11.3 Å². The lowest BCUT2D eigenvalue weighted by atomic mass is 9.99. The van der Waals surface area contributed by atoms with E-state index in [-0.39, 0.29) is 23.3 Å². The first-order chi connectivity index (χ1) is 13.9. The van der Waals surface area contributed by atoms with E-state index < -0.39 is 15.9 Å². The Bertz CT molecular complexity index is 986. The molecule has 2 heterocycles. The van der Waals surface area contributed by atoms with Gasteiger partial charge in [0.05, 0.1) is 23.5 Å². The number of hydrogen-bond acceptors (Lipinski definition) is 6. The Morgan fingerprint density at radius 1 is 1.21 bits per heavy atom. The minimum atomic E-state index is -3.70. The van der Waals surface area contributed by atoms with Crippen molar-refractivity contribution in [3.05, 3.63) is 41.3 Å². The SMILES string of the molecule is CNC(=O)c1ccsc1NC(=O)C1CCCN(S(=O)(=O)c2ccc(OC)cc2)C1. The molecule has 2 aromatic rings. The molecule has 1 unspecified atom stereocenters. The third-order valence-corrected chi connectivity index (χ3v) is 7.53. The van der Waals surface area contributed by atoms with Crippen molar-refractivity contribution in [3.63, 3.8) is 0 Å². The fourth-order valence-corrected chi connectivity index (χ4v) is 5.52. The number of anilines is 1. The van der Waals surface area contributed by atoms with Gasteiger partial charge in [-0.25, -0.2) is 8.42 Å². The fourth-order valence-electron chi connectivity index (χ4n) is 3.21. The lowest BCUT2D eigenvalue weighted by molar-refractivity contribution is -0.120. The topological polar surface area (TPSA) is 105 Å². The molecule has 1 aliphatic heterocycles. The maximum Gasteiger partial charge on any atom is 0.254 e. The molecule has 1 aliphatic rings. The Balaban J connectivity index is 1.72. The molecule has 1 aromatic carbocycles. The third kappa shape index (κ3) is 4.60. The normalized spacial score (nSPS) is 17.5. The van der Waals surface area contributed by atoms with Crippen LogP contribution in [0.5, 0.6) is 5.75 Å². The van der Waals surface area contributed by atoms with E-state index in [0.29, 0.717) is 35.7 Å². The molecule has 2 N–H and O–H groups in total. The van der Waals surface area contributed by atoms with Crippen LogP contribution in [0, 0.1) is 5.92 Å². The van der Waals surface area contributed by atoms with E-state index in [9.17, 15) is 18.0 Å². The summed E-state index contributed by atoms with van der Waals surface area (Å²) in [5, 5.41) is 7.50. The van der Waals surface area contributed by atoms with Crippen LogP contribution in [-0.4, -0.2) is 51.8 Å². The molecule has 0 aliphatic carbocycles. The number of ether oxygens (including phenoxy) is 1. The van der Waals surface area contributed by atoms with Crippen LogP contribution < -0.4 is 15.4 Å². The first-order valence-corrected chi connectivity index (χ1v) is 11.4. The van der Waals surface area contributed by atoms with Gasteiger partial charge < -0.3 is 15.4 Å². The zero-order chi connectivity index (χ0) is 21.0. The van der Waals surface area contributed by atoms with Crippen molar-refractivity contribution in [2.75, 3.05) is 32.6 Å². The van der Waals surface area contributed by atoms with Gasteiger partial charge in [0.1, 0.15) is 10.8 Å². The Kier molecular flexibility index (Phi) is 6.56. The number of rotatable bonds is 6. The Morgan fingerprint density at radius 2 is 1.93 bits per heavy atom. The molecule has 1 aromatic heterocycles. The van der Waals surface area contributed by atoms with Crippen LogP contribution in [0.15, 0.2) is 40.6 Å². The monoisotopic (exact) mass is 437 g/mol. The second-order valence-corrected chi connectivity index (χ2v) is 9.46. The number of amides is 2. The zero-order valence-electron chi connectivity index (χ0n) is 16.2. The number of sulfonamides is 1. The quantitative estimate of drug-likeness (QED) is 0.721. The van der Waals surface area contributed by atoms with Gasteiger partial charge in [0, 0.05) is 20.1 Å². The second-order valence-electron chi connectivity index (χ2n) is 6.61. The van der Waals surface area contributed by atoms with Gasteiger partial charge in [-0.1, -0.05) is 0 Å². The minimum absolute atomic E-state index is 0.0981. The van der Waals surface area contributed by atoms with Crippen LogP contribution in [0.25, 0.3) is 0 Å². The highest BCUT2D eigenvalue weighted by Gasteiger charge is 2.33. The van der Waals surface area contributed by atoms with Crippen LogP contribution in [0.1, 0.15) is 23.2 Å². The lowest BCUT2D eigenvalue weighted by Gasteiger charge is -2.31. The molecular weight excluding hydrogens is 414 g/mol. The first-order valence-electron chi connectivity index (χ1n) is 9.11. The van der Waals surface area contributed by atoms with Gasteiger partial charge in [0.15, 0.2) is 0 Å². The molecule has 3 rings (SSSR count). The average Bonchev–Trinajstić information content (AvgIpc) is 3.21. The third-order valence-electron chi connectivity index (χ3n) is 4.83. The van der Waals surface area contributed by atoms with E-state index in [1.54, 1.807) is 23.6 Å². The van der Waals surface area contributed by atoms with Gasteiger partial charge in [0.25, 0.3) is 5.91 Å². The van der Waals surface area contributed by atoms with Crippen molar-refractivity contribution in [2.24, 2.45) is 5.92 Å². The summed E-state index contributed by atoms with van der Waals surface area (Å²) < 4.78 is 32.3. The molecule has 8 nitrogen and oxygen atoms in total. The van der Waals surface area contributed by atoms with Crippen LogP contribution in [0.4, 0.5) is 5.00 Å². The summed E-state index contributed by atoms with van der Waals surface area (Å²) in [6.45, 7) is 0.460. The second kappa shape index (κ2) is 8.93. The molecule has 29 heavy (non-hydrogen) atoms. The summed E-state index contributed by atoms with van der Waals surface area (Å²) in [5.74, 6) is -0.486. The highest BCUT2D eigenvalue weighted by molar-refractivity contribution is 7.89. The summed E-state index contributed by atoms with van der Waals surface area (Å²) in [7, 11) is -0.668. The highest BCUT2D eigenvalue weighted by atomic mass is 32.2. The summed E-state index contributed by atoms with van der Waals surface area (Å²) in [6.07, 6.45) is 1.17. The molecule has 0 radical (unpaired) electrons. The van der Waals surface area contributed by atoms with E-state index in [0.717, 1.165) is 0 Å². The molecule has 10 heteroatoms. The van der Waals surface area contributed by atoms with Crippen molar-refractivity contribution in [2.45, 2.75) is 17.7 Å². The maximum absolute atomic E-state index is 13.0. The molecule has 1 atom stereocenters. The predicted molar refractivity (Wildman–Crippen MR) is 111 cm³/mol. The highest BCUT2D eigenvalue weighted by Crippen LogP contribution is 2.28. The number of benzene rings is 1. The van der Waals surface area contributed by atoms with E-state index in [1.165, 1.54) is 41.9 Å². The zero-order valence-corrected chi connectivity index (χ0v) is 17.8. The Labute approximate surface area is 173 Å². The van der Waals surface area contributed by atoms with Gasteiger partial charge in [-0.3, -0.25) is 9.59 Å². The Morgan fingerprint density at radius 3 is 2.59 bits per heavy atom. The number of nitrogens with one attached hydrogen (secondary N) is 2. The summed E-state index contributed by atoms with van der Waals surface area (Å²) >= 11 is 1.26. The Hall–Kier alpha value is -2.43. The van der Waals surface area contributed by atoms with Crippen molar-refractivity contribution < 1.29 is 22.7 Å². The van der Waals surface area contributed by atoms with Gasteiger partial charge >= 0.3 is 0 Å². The van der Waals surface area contributed by atoms with Gasteiger partial charge in [-0.2, -0.15) is 4.31 Å². The largest absolute Gasteiger partial charge is 0.497 e. The maximum atomic E-state index is 13.0. The van der Waals surface area contributed by atoms with Gasteiger partial charge in [0.2, 0.25) is 15.9 Å². The molecule has 156 valence electrons. The molecule has 0 saturated carbocycles. The van der Waals surface area contributed by atoms with Crippen LogP contribution in [-0.2, 0) is 14.8 Å². The average molecular weight is 438 g/mol. The molecule has 0 spiro atoms. The minimum Gasteiger partial charge on any atom is -0.497 e. The van der Waals surface area contributed by atoms with Gasteiger partial charge in [-0.05, 0) is 48.6 Å². The first kappa shape index (κ1) is 21.3. The number of methoxy groups -OCH3 is 1. The number of piperidine rings is 1. The standard InChI is InChI=1S/C19H23N3O5S2/c1-20-18(24)16-9-11-28-19(16)21-17(23)13-4-3-10-22(12-13)29(25,26)15-7-5-14(27-2)6-8-15/h5-9,11,13H,3-4,10,12H2,1-2H3,(H,20,24)(H,21,23). The van der Waals surface area contributed by atoms with Crippen LogP contribution in [0.2, 0.25) is 0 Å². The van der Waals surface area contributed by atoms with Crippen molar-refractivity contribution in [1.29, 1.82) is 0 Å². The fraction of sp³-hybridized carbons (Fsp3) is 0.368. The van der Waals surface area contributed by atoms with Crippen molar-refractivity contribution >= 4 is 38.2 Å². The van der Waals surface area contributed by atoms with Gasteiger partial charge in [-0.15, -0.1) is 11.3 Å². The number of hydrogen-bond donors (Lipinski definition) is 2. The summed E-state index contributed by atoms with van der Waals surface area (Å²) in [6, 6.07) is 7.83. The van der Waals surface area contributed by atoms with Crippen molar-refractivity contribution in [3.8, 4) is 5.75 Å². The molecule has 1 saturated heterocycles. The number of nitrogens with zero attached hydrogens (tertiary/aromatic N) is 1. The number of thiophene rings is 1. The van der Waals surface area contributed by atoms with E-state index in [1.807, 2.05) is 0 Å². The van der Waals surface area contributed by atoms with E-state index in [4.69, 9.17) is 4.74 Å². The number of carbonyl (C=O) groups excluding carboxylic acids is 2. The van der Waals surface area contributed by atoms with E-state index >= 15 is 0 Å². The van der Waals surface area contributed by atoms with E-state index in [2.05, 4.69) is 10.6 Å².